The number of benzene rings is 1. The van der Waals surface area contributed by atoms with Crippen LogP contribution in [0.25, 0.3) is 0 Å². The number of rotatable bonds is 3. The molecule has 5 heteroatoms. The zero-order valence-electron chi connectivity index (χ0n) is 9.95. The molecule has 0 aliphatic rings. The molecule has 0 N–H and O–H groups in total. The number of carbonyl (C=O) groups excluding carboxylic acids is 1. The van der Waals surface area contributed by atoms with Gasteiger partial charge in [0.05, 0.1) is 17.6 Å². The highest BCUT2D eigenvalue weighted by molar-refractivity contribution is 5.99. The van der Waals surface area contributed by atoms with Crippen LogP contribution in [0.5, 0.6) is 0 Å². The van der Waals surface area contributed by atoms with Crippen molar-refractivity contribution in [2.45, 2.75) is 20.0 Å². The molecule has 0 aliphatic carbocycles. The number of nitrogens with zero attached hydrogens (tertiary/aromatic N) is 1. The quantitative estimate of drug-likeness (QED) is 0.773. The van der Waals surface area contributed by atoms with E-state index in [1.54, 1.807) is 0 Å². The number of hydrogen-bond donors (Lipinski definition) is 0. The summed E-state index contributed by atoms with van der Waals surface area (Å²) in [6.45, 7) is 2.97. The van der Waals surface area contributed by atoms with Crippen LogP contribution in [0.3, 0.4) is 0 Å². The predicted molar refractivity (Wildman–Crippen MR) is 59.7 cm³/mol. The van der Waals surface area contributed by atoms with Gasteiger partial charge in [0.25, 0.3) is 0 Å². The molecule has 0 aromatic heterocycles. The Morgan fingerprint density at radius 3 is 2.33 bits per heavy atom. The van der Waals surface area contributed by atoms with Gasteiger partial charge in [0.15, 0.2) is 5.78 Å². The second-order valence-corrected chi connectivity index (χ2v) is 4.11. The van der Waals surface area contributed by atoms with Gasteiger partial charge in [-0.1, -0.05) is 25.1 Å². The fraction of sp³-hybridized carbons (Fsp3) is 0.385. The lowest BCUT2D eigenvalue weighted by Gasteiger charge is -2.16. The van der Waals surface area contributed by atoms with E-state index in [1.165, 1.54) is 26.0 Å². The summed E-state index contributed by atoms with van der Waals surface area (Å²) in [5, 5.41) is 8.71. The lowest BCUT2D eigenvalue weighted by Crippen LogP contribution is -2.21. The summed E-state index contributed by atoms with van der Waals surface area (Å²) in [5.74, 6) is -2.05. The Morgan fingerprint density at radius 2 is 1.83 bits per heavy atom. The van der Waals surface area contributed by atoms with Gasteiger partial charge in [-0.3, -0.25) is 4.79 Å². The topological polar surface area (TPSA) is 40.9 Å². The maximum atomic E-state index is 12.7. The molecule has 1 aromatic carbocycles. The zero-order chi connectivity index (χ0) is 13.9. The van der Waals surface area contributed by atoms with E-state index in [1.807, 2.05) is 6.07 Å². The van der Waals surface area contributed by atoms with E-state index in [0.717, 1.165) is 12.1 Å². The highest BCUT2D eigenvalue weighted by Crippen LogP contribution is 2.33. The standard InChI is InChI=1S/C13H12F3NO/c1-8(7-17)9(2)12(18)10-5-3-4-6-11(10)13(14,15)16/h3-6,8-9H,1-2H3. The van der Waals surface area contributed by atoms with Gasteiger partial charge in [0.1, 0.15) is 0 Å². The second-order valence-electron chi connectivity index (χ2n) is 4.11. The van der Waals surface area contributed by atoms with Crippen LogP contribution in [-0.4, -0.2) is 5.78 Å². The van der Waals surface area contributed by atoms with Crippen LogP contribution in [0, 0.1) is 23.2 Å². The highest BCUT2D eigenvalue weighted by atomic mass is 19.4. The van der Waals surface area contributed by atoms with Gasteiger partial charge in [-0.05, 0) is 13.0 Å². The Hall–Kier alpha value is -1.83. The third-order valence-corrected chi connectivity index (χ3v) is 2.87. The van der Waals surface area contributed by atoms with Crippen LogP contribution >= 0.6 is 0 Å². The molecule has 0 aliphatic heterocycles. The van der Waals surface area contributed by atoms with Crippen molar-refractivity contribution in [2.75, 3.05) is 0 Å². The molecule has 0 bridgehead atoms. The molecular weight excluding hydrogens is 243 g/mol. The number of Topliss-reactive ketones (excluding diaryl/α,β-unsaturated/α-hetero) is 1. The van der Waals surface area contributed by atoms with Crippen LogP contribution in [0.4, 0.5) is 13.2 Å². The minimum Gasteiger partial charge on any atom is -0.294 e. The van der Waals surface area contributed by atoms with Gasteiger partial charge >= 0.3 is 6.18 Å². The van der Waals surface area contributed by atoms with Gasteiger partial charge in [-0.25, -0.2) is 0 Å². The number of nitriles is 1. The second kappa shape index (κ2) is 5.21. The molecule has 0 heterocycles. The van der Waals surface area contributed by atoms with Crippen LogP contribution < -0.4 is 0 Å². The summed E-state index contributed by atoms with van der Waals surface area (Å²) in [7, 11) is 0. The molecule has 2 nitrogen and oxygen atoms in total. The summed E-state index contributed by atoms with van der Waals surface area (Å²) in [6, 6.07) is 6.50. The fourth-order valence-electron chi connectivity index (χ4n) is 1.53. The zero-order valence-corrected chi connectivity index (χ0v) is 9.95. The fourth-order valence-corrected chi connectivity index (χ4v) is 1.53. The van der Waals surface area contributed by atoms with E-state index in [-0.39, 0.29) is 5.56 Å². The Balaban J connectivity index is 3.19. The van der Waals surface area contributed by atoms with Gasteiger partial charge in [0, 0.05) is 11.5 Å². The first kappa shape index (κ1) is 14.2. The Bertz CT molecular complexity index is 488. The summed E-state index contributed by atoms with van der Waals surface area (Å²) in [4.78, 5) is 12.0. The van der Waals surface area contributed by atoms with Gasteiger partial charge in [-0.15, -0.1) is 0 Å². The Morgan fingerprint density at radius 1 is 1.28 bits per heavy atom. The largest absolute Gasteiger partial charge is 0.417 e. The van der Waals surface area contributed by atoms with E-state index in [4.69, 9.17) is 5.26 Å². The first-order chi connectivity index (χ1) is 8.29. The molecule has 18 heavy (non-hydrogen) atoms. The third-order valence-electron chi connectivity index (χ3n) is 2.87. The molecular formula is C13H12F3NO. The van der Waals surface area contributed by atoms with Crippen LogP contribution in [-0.2, 0) is 6.18 Å². The summed E-state index contributed by atoms with van der Waals surface area (Å²) in [6.07, 6.45) is -4.57. The number of carbonyl (C=O) groups is 1. The minimum atomic E-state index is -4.57. The number of ketones is 1. The Labute approximate surface area is 103 Å². The smallest absolute Gasteiger partial charge is 0.294 e. The van der Waals surface area contributed by atoms with Gasteiger partial charge in [0.2, 0.25) is 0 Å². The molecule has 0 saturated heterocycles. The van der Waals surface area contributed by atoms with Crippen molar-refractivity contribution in [1.82, 2.24) is 0 Å². The van der Waals surface area contributed by atoms with E-state index >= 15 is 0 Å². The van der Waals surface area contributed by atoms with Crippen molar-refractivity contribution in [3.63, 3.8) is 0 Å². The summed E-state index contributed by atoms with van der Waals surface area (Å²) >= 11 is 0. The third kappa shape index (κ3) is 2.89. The van der Waals surface area contributed by atoms with E-state index in [9.17, 15) is 18.0 Å². The molecule has 0 amide bonds. The molecule has 2 unspecified atom stereocenters. The maximum absolute atomic E-state index is 12.7. The van der Waals surface area contributed by atoms with Crippen molar-refractivity contribution in [3.05, 3.63) is 35.4 Å². The van der Waals surface area contributed by atoms with E-state index < -0.39 is 29.4 Å². The van der Waals surface area contributed by atoms with Crippen molar-refractivity contribution >= 4 is 5.78 Å². The molecule has 1 aromatic rings. The molecule has 96 valence electrons. The van der Waals surface area contributed by atoms with Crippen molar-refractivity contribution < 1.29 is 18.0 Å². The molecule has 0 fully saturated rings. The number of halogens is 3. The van der Waals surface area contributed by atoms with Crippen molar-refractivity contribution in [2.24, 2.45) is 11.8 Å². The van der Waals surface area contributed by atoms with Crippen LogP contribution in [0.15, 0.2) is 24.3 Å². The van der Waals surface area contributed by atoms with Gasteiger partial charge < -0.3 is 0 Å². The first-order valence-corrected chi connectivity index (χ1v) is 5.39. The first-order valence-electron chi connectivity index (χ1n) is 5.39. The number of alkyl halides is 3. The van der Waals surface area contributed by atoms with Crippen molar-refractivity contribution in [1.29, 1.82) is 5.26 Å². The van der Waals surface area contributed by atoms with Crippen LogP contribution in [0.1, 0.15) is 29.8 Å². The minimum absolute atomic E-state index is 0.375. The molecule has 0 spiro atoms. The van der Waals surface area contributed by atoms with Crippen LogP contribution in [0.2, 0.25) is 0 Å². The molecule has 2 atom stereocenters. The van der Waals surface area contributed by atoms with Gasteiger partial charge in [-0.2, -0.15) is 18.4 Å². The summed E-state index contributed by atoms with van der Waals surface area (Å²) in [5.41, 5.74) is -1.33. The monoisotopic (exact) mass is 255 g/mol. The lowest BCUT2D eigenvalue weighted by molar-refractivity contribution is -0.137. The average Bonchev–Trinajstić information content (AvgIpc) is 2.35. The highest BCUT2D eigenvalue weighted by Gasteiger charge is 2.36. The average molecular weight is 255 g/mol. The van der Waals surface area contributed by atoms with E-state index in [2.05, 4.69) is 0 Å². The Kier molecular flexibility index (Phi) is 4.12. The maximum Gasteiger partial charge on any atom is 0.417 e. The molecule has 0 saturated carbocycles. The normalized spacial score (nSPS) is 14.7. The SMILES string of the molecule is CC(C#N)C(C)C(=O)c1ccccc1C(F)(F)F. The lowest BCUT2D eigenvalue weighted by atomic mass is 9.87. The van der Waals surface area contributed by atoms with E-state index in [0.29, 0.717) is 0 Å². The molecule has 1 rings (SSSR count). The van der Waals surface area contributed by atoms with Crippen molar-refractivity contribution in [3.8, 4) is 6.07 Å². The predicted octanol–water partition coefficient (Wildman–Crippen LogP) is 3.68. The summed E-state index contributed by atoms with van der Waals surface area (Å²) < 4.78 is 38.2. The number of hydrogen-bond acceptors (Lipinski definition) is 2. The molecule has 0 radical (unpaired) electrons.